The fraction of sp³-hybridized carbons (Fsp3) is 0.286. The molecule has 152 valence electrons. The second-order valence-electron chi connectivity index (χ2n) is 7.29. The van der Waals surface area contributed by atoms with Crippen LogP contribution in [-0.2, 0) is 6.54 Å². The van der Waals surface area contributed by atoms with E-state index < -0.39 is 0 Å². The summed E-state index contributed by atoms with van der Waals surface area (Å²) in [5.41, 5.74) is 0.994. The van der Waals surface area contributed by atoms with Crippen molar-refractivity contribution < 1.29 is 0 Å². The van der Waals surface area contributed by atoms with Gasteiger partial charge in [-0.15, -0.1) is 10.2 Å². The first-order valence-corrected chi connectivity index (χ1v) is 10.4. The maximum atomic E-state index is 6.11. The van der Waals surface area contributed by atoms with Gasteiger partial charge in [-0.1, -0.05) is 17.7 Å². The van der Waals surface area contributed by atoms with E-state index in [1.54, 1.807) is 17.2 Å². The van der Waals surface area contributed by atoms with Gasteiger partial charge in [-0.3, -0.25) is 4.57 Å². The lowest BCUT2D eigenvalue weighted by Crippen LogP contribution is -2.34. The van der Waals surface area contributed by atoms with Crippen LogP contribution in [0.2, 0.25) is 5.02 Å². The van der Waals surface area contributed by atoms with E-state index in [0.29, 0.717) is 17.5 Å². The van der Waals surface area contributed by atoms with Crippen molar-refractivity contribution in [2.75, 3.05) is 18.0 Å². The molecule has 0 spiro atoms. The standard InChI is InChI=1S/C21H21ClN8/c22-17-4-6-18(7-5-17)30-20(15-29-24-11-12-25-29)26-27-21(30)16-8-13-28(14-9-16)19-3-1-2-10-23-19/h1-7,10-12,16H,8-9,13-15H2. The quantitative estimate of drug-likeness (QED) is 0.492. The van der Waals surface area contributed by atoms with Crippen LogP contribution in [-0.4, -0.2) is 47.8 Å². The fourth-order valence-electron chi connectivity index (χ4n) is 3.93. The summed E-state index contributed by atoms with van der Waals surface area (Å²) in [4.78, 5) is 8.43. The number of halogens is 1. The molecule has 0 N–H and O–H groups in total. The molecule has 0 unspecified atom stereocenters. The summed E-state index contributed by atoms with van der Waals surface area (Å²) in [6.45, 7) is 2.33. The first-order valence-electron chi connectivity index (χ1n) is 9.98. The van der Waals surface area contributed by atoms with Crippen LogP contribution < -0.4 is 4.90 Å². The number of rotatable bonds is 5. The van der Waals surface area contributed by atoms with Crippen LogP contribution in [0, 0.1) is 0 Å². The van der Waals surface area contributed by atoms with Crippen molar-refractivity contribution in [2.45, 2.75) is 25.3 Å². The number of aromatic nitrogens is 7. The van der Waals surface area contributed by atoms with Crippen LogP contribution in [0.25, 0.3) is 5.69 Å². The predicted octanol–water partition coefficient (Wildman–Crippen LogP) is 3.34. The lowest BCUT2D eigenvalue weighted by atomic mass is 9.95. The molecule has 0 aliphatic carbocycles. The van der Waals surface area contributed by atoms with Crippen molar-refractivity contribution in [1.29, 1.82) is 0 Å². The highest BCUT2D eigenvalue weighted by Gasteiger charge is 2.27. The molecule has 4 aromatic rings. The third-order valence-electron chi connectivity index (χ3n) is 5.42. The number of nitrogens with zero attached hydrogens (tertiary/aromatic N) is 8. The Morgan fingerprint density at radius 3 is 2.37 bits per heavy atom. The molecule has 0 atom stereocenters. The molecule has 1 aliphatic heterocycles. The van der Waals surface area contributed by atoms with Gasteiger partial charge in [0.2, 0.25) is 0 Å². The second-order valence-corrected chi connectivity index (χ2v) is 7.73. The van der Waals surface area contributed by atoms with E-state index in [-0.39, 0.29) is 0 Å². The molecule has 0 bridgehead atoms. The molecule has 9 heteroatoms. The van der Waals surface area contributed by atoms with E-state index in [1.165, 1.54) is 0 Å². The Hall–Kier alpha value is -3.26. The summed E-state index contributed by atoms with van der Waals surface area (Å²) in [5, 5.41) is 18.2. The Morgan fingerprint density at radius 2 is 1.67 bits per heavy atom. The average molecular weight is 421 g/mol. The van der Waals surface area contributed by atoms with Crippen LogP contribution in [0.15, 0.2) is 61.1 Å². The lowest BCUT2D eigenvalue weighted by molar-refractivity contribution is 0.475. The van der Waals surface area contributed by atoms with E-state index >= 15 is 0 Å². The predicted molar refractivity (Wildman–Crippen MR) is 114 cm³/mol. The highest BCUT2D eigenvalue weighted by Crippen LogP contribution is 2.31. The fourth-order valence-corrected chi connectivity index (χ4v) is 4.05. The van der Waals surface area contributed by atoms with Gasteiger partial charge >= 0.3 is 0 Å². The number of benzene rings is 1. The Balaban J connectivity index is 1.43. The van der Waals surface area contributed by atoms with E-state index in [0.717, 1.165) is 49.1 Å². The molecule has 5 rings (SSSR count). The molecule has 1 saturated heterocycles. The summed E-state index contributed by atoms with van der Waals surface area (Å²) < 4.78 is 2.13. The zero-order chi connectivity index (χ0) is 20.3. The van der Waals surface area contributed by atoms with Gasteiger partial charge in [0.1, 0.15) is 18.2 Å². The Kier molecular flexibility index (Phi) is 5.15. The Labute approximate surface area is 179 Å². The maximum absolute atomic E-state index is 6.11. The van der Waals surface area contributed by atoms with Crippen molar-refractivity contribution in [3.63, 3.8) is 0 Å². The van der Waals surface area contributed by atoms with E-state index in [2.05, 4.69) is 40.9 Å². The lowest BCUT2D eigenvalue weighted by Gasteiger charge is -2.32. The van der Waals surface area contributed by atoms with Gasteiger partial charge in [0.05, 0.1) is 12.4 Å². The zero-order valence-electron chi connectivity index (χ0n) is 16.3. The molecule has 1 aliphatic rings. The molecule has 0 saturated carbocycles. The van der Waals surface area contributed by atoms with Crippen LogP contribution >= 0.6 is 11.6 Å². The minimum Gasteiger partial charge on any atom is -0.357 e. The van der Waals surface area contributed by atoms with E-state index in [9.17, 15) is 0 Å². The van der Waals surface area contributed by atoms with Gasteiger partial charge in [-0.2, -0.15) is 15.0 Å². The largest absolute Gasteiger partial charge is 0.357 e. The van der Waals surface area contributed by atoms with Gasteiger partial charge < -0.3 is 4.90 Å². The smallest absolute Gasteiger partial charge is 0.161 e. The van der Waals surface area contributed by atoms with Crippen LogP contribution in [0.3, 0.4) is 0 Å². The minimum atomic E-state index is 0.312. The molecule has 0 radical (unpaired) electrons. The third kappa shape index (κ3) is 3.78. The highest BCUT2D eigenvalue weighted by atomic mass is 35.5. The van der Waals surface area contributed by atoms with Crippen molar-refractivity contribution in [3.8, 4) is 5.69 Å². The summed E-state index contributed by atoms with van der Waals surface area (Å²) in [5.74, 6) is 3.11. The van der Waals surface area contributed by atoms with Crippen molar-refractivity contribution in [1.82, 2.24) is 34.7 Å². The molecule has 4 heterocycles. The maximum Gasteiger partial charge on any atom is 0.161 e. The zero-order valence-corrected chi connectivity index (χ0v) is 17.1. The number of anilines is 1. The number of hydrogen-bond acceptors (Lipinski definition) is 6. The molecule has 1 fully saturated rings. The van der Waals surface area contributed by atoms with Gasteiger partial charge in [-0.05, 0) is 49.2 Å². The van der Waals surface area contributed by atoms with Crippen LogP contribution in [0.4, 0.5) is 5.82 Å². The second kappa shape index (κ2) is 8.23. The molecule has 3 aromatic heterocycles. The molecule has 30 heavy (non-hydrogen) atoms. The minimum absolute atomic E-state index is 0.312. The molecular weight excluding hydrogens is 400 g/mol. The number of hydrogen-bond donors (Lipinski definition) is 0. The number of piperidine rings is 1. The SMILES string of the molecule is Clc1ccc(-n2c(Cn3nccn3)nnc2C2CCN(c3ccccn3)CC2)cc1. The Morgan fingerprint density at radius 1 is 0.900 bits per heavy atom. The summed E-state index contributed by atoms with van der Waals surface area (Å²) in [6, 6.07) is 13.8. The molecule has 0 amide bonds. The van der Waals surface area contributed by atoms with Gasteiger partial charge in [0, 0.05) is 35.9 Å². The Bertz CT molecular complexity index is 1080. The van der Waals surface area contributed by atoms with Crippen molar-refractivity contribution in [3.05, 3.63) is 77.7 Å². The van der Waals surface area contributed by atoms with Gasteiger partial charge in [-0.25, -0.2) is 4.98 Å². The van der Waals surface area contributed by atoms with Gasteiger partial charge in [0.25, 0.3) is 0 Å². The van der Waals surface area contributed by atoms with E-state index in [4.69, 9.17) is 11.6 Å². The first kappa shape index (κ1) is 18.7. The molecule has 8 nitrogen and oxygen atoms in total. The highest BCUT2D eigenvalue weighted by molar-refractivity contribution is 6.30. The summed E-state index contributed by atoms with van der Waals surface area (Å²) in [6.07, 6.45) is 7.15. The van der Waals surface area contributed by atoms with Crippen LogP contribution in [0.1, 0.15) is 30.4 Å². The average Bonchev–Trinajstić information content (AvgIpc) is 3.46. The van der Waals surface area contributed by atoms with Gasteiger partial charge in [0.15, 0.2) is 5.82 Å². The third-order valence-corrected chi connectivity index (χ3v) is 5.67. The van der Waals surface area contributed by atoms with E-state index in [1.807, 2.05) is 42.6 Å². The van der Waals surface area contributed by atoms with Crippen LogP contribution in [0.5, 0.6) is 0 Å². The topological polar surface area (TPSA) is 77.5 Å². The molecular formula is C21H21ClN8. The number of pyridine rings is 1. The van der Waals surface area contributed by atoms with Crippen molar-refractivity contribution in [2.24, 2.45) is 0 Å². The molecule has 1 aromatic carbocycles. The first-order chi connectivity index (χ1) is 14.8. The normalized spacial score (nSPS) is 14.9. The summed E-state index contributed by atoms with van der Waals surface area (Å²) in [7, 11) is 0. The summed E-state index contributed by atoms with van der Waals surface area (Å²) >= 11 is 6.11. The van der Waals surface area contributed by atoms with Crippen molar-refractivity contribution >= 4 is 17.4 Å². The monoisotopic (exact) mass is 420 g/mol.